The summed E-state index contributed by atoms with van der Waals surface area (Å²) in [5.41, 5.74) is 2.33. The molecule has 19 heavy (non-hydrogen) atoms. The topological polar surface area (TPSA) is 64.0 Å². The molecule has 0 saturated heterocycles. The van der Waals surface area contributed by atoms with Crippen molar-refractivity contribution in [1.82, 2.24) is 14.9 Å². The van der Waals surface area contributed by atoms with Crippen LogP contribution in [0.15, 0.2) is 0 Å². The lowest BCUT2D eigenvalue weighted by Crippen LogP contribution is -2.26. The van der Waals surface area contributed by atoms with E-state index in [4.69, 9.17) is 0 Å². The lowest BCUT2D eigenvalue weighted by atomic mass is 10.2. The minimum atomic E-state index is -2.92. The zero-order chi connectivity index (χ0) is 13.9. The summed E-state index contributed by atoms with van der Waals surface area (Å²) in [4.78, 5) is 4.67. The van der Waals surface area contributed by atoms with Gasteiger partial charge in [-0.25, -0.2) is 13.4 Å². The van der Waals surface area contributed by atoms with Gasteiger partial charge in [0.25, 0.3) is 0 Å². The van der Waals surface area contributed by atoms with Crippen LogP contribution < -0.4 is 5.32 Å². The van der Waals surface area contributed by atoms with E-state index in [0.717, 1.165) is 43.9 Å². The van der Waals surface area contributed by atoms with Gasteiger partial charge in [-0.15, -0.1) is 0 Å². The van der Waals surface area contributed by atoms with E-state index < -0.39 is 9.84 Å². The first-order valence-electron chi connectivity index (χ1n) is 7.05. The first-order valence-corrected chi connectivity index (χ1v) is 8.87. The Morgan fingerprint density at radius 2 is 2.16 bits per heavy atom. The summed E-state index contributed by atoms with van der Waals surface area (Å²) < 4.78 is 25.5. The predicted octanol–water partition coefficient (Wildman–Crippen LogP) is 0.916. The Morgan fingerprint density at radius 3 is 2.84 bits per heavy atom. The molecule has 0 amide bonds. The standard InChI is InChI=1S/C13H23N3O2S/c1-3-5-13-15-11-10-14-7-6-12(11)16(13)8-9-19(17,18)4-2/h14H,3-10H2,1-2H3. The van der Waals surface area contributed by atoms with Crippen molar-refractivity contribution < 1.29 is 8.42 Å². The summed E-state index contributed by atoms with van der Waals surface area (Å²) in [6.07, 6.45) is 2.89. The average molecular weight is 285 g/mol. The van der Waals surface area contributed by atoms with Crippen molar-refractivity contribution >= 4 is 9.84 Å². The van der Waals surface area contributed by atoms with Crippen LogP contribution in [0.3, 0.4) is 0 Å². The van der Waals surface area contributed by atoms with Gasteiger partial charge in [0.05, 0.1) is 11.4 Å². The van der Waals surface area contributed by atoms with Crippen molar-refractivity contribution in [2.24, 2.45) is 0 Å². The van der Waals surface area contributed by atoms with Crippen LogP contribution >= 0.6 is 0 Å². The third kappa shape index (κ3) is 3.36. The Morgan fingerprint density at radius 1 is 1.37 bits per heavy atom. The largest absolute Gasteiger partial charge is 0.331 e. The van der Waals surface area contributed by atoms with Crippen LogP contribution in [0.5, 0.6) is 0 Å². The molecular formula is C13H23N3O2S. The van der Waals surface area contributed by atoms with Gasteiger partial charge < -0.3 is 9.88 Å². The number of sulfone groups is 1. The highest BCUT2D eigenvalue weighted by molar-refractivity contribution is 7.91. The van der Waals surface area contributed by atoms with Gasteiger partial charge in [0, 0.05) is 43.9 Å². The van der Waals surface area contributed by atoms with E-state index in [1.54, 1.807) is 6.92 Å². The van der Waals surface area contributed by atoms with E-state index >= 15 is 0 Å². The van der Waals surface area contributed by atoms with Crippen molar-refractivity contribution in [2.45, 2.75) is 46.2 Å². The van der Waals surface area contributed by atoms with Crippen LogP contribution in [0.4, 0.5) is 0 Å². The summed E-state index contributed by atoms with van der Waals surface area (Å²) in [5.74, 6) is 1.48. The lowest BCUT2D eigenvalue weighted by Gasteiger charge is -2.16. The molecule has 2 rings (SSSR count). The van der Waals surface area contributed by atoms with E-state index in [1.165, 1.54) is 5.69 Å². The fraction of sp³-hybridized carbons (Fsp3) is 0.769. The third-order valence-corrected chi connectivity index (χ3v) is 5.29. The van der Waals surface area contributed by atoms with Gasteiger partial charge in [0.15, 0.2) is 9.84 Å². The second-order valence-electron chi connectivity index (χ2n) is 4.99. The molecule has 0 saturated carbocycles. The zero-order valence-electron chi connectivity index (χ0n) is 11.8. The van der Waals surface area contributed by atoms with Gasteiger partial charge >= 0.3 is 0 Å². The molecule has 0 unspecified atom stereocenters. The second kappa shape index (κ2) is 6.05. The number of imidazole rings is 1. The van der Waals surface area contributed by atoms with Gasteiger partial charge in [-0.2, -0.15) is 0 Å². The van der Waals surface area contributed by atoms with E-state index in [1.807, 2.05) is 0 Å². The Balaban J connectivity index is 2.24. The minimum absolute atomic E-state index is 0.217. The molecule has 0 fully saturated rings. The molecule has 0 aliphatic carbocycles. The van der Waals surface area contributed by atoms with Crippen LogP contribution in [-0.2, 0) is 35.8 Å². The van der Waals surface area contributed by atoms with Crippen molar-refractivity contribution in [2.75, 3.05) is 18.1 Å². The highest BCUT2D eigenvalue weighted by Gasteiger charge is 2.20. The van der Waals surface area contributed by atoms with Crippen molar-refractivity contribution in [3.8, 4) is 0 Å². The number of nitrogens with zero attached hydrogens (tertiary/aromatic N) is 2. The van der Waals surface area contributed by atoms with Gasteiger partial charge in [-0.05, 0) is 6.42 Å². The molecule has 1 aliphatic rings. The normalized spacial score (nSPS) is 15.5. The van der Waals surface area contributed by atoms with E-state index in [0.29, 0.717) is 6.54 Å². The highest BCUT2D eigenvalue weighted by Crippen LogP contribution is 2.17. The number of aryl methyl sites for hydroxylation is 1. The summed E-state index contributed by atoms with van der Waals surface area (Å²) in [5, 5.41) is 3.31. The minimum Gasteiger partial charge on any atom is -0.331 e. The van der Waals surface area contributed by atoms with Crippen LogP contribution in [0.25, 0.3) is 0 Å². The molecule has 1 N–H and O–H groups in total. The van der Waals surface area contributed by atoms with Crippen LogP contribution in [-0.4, -0.2) is 36.0 Å². The number of aromatic nitrogens is 2. The number of hydrogen-bond donors (Lipinski definition) is 1. The molecule has 0 atom stereocenters. The third-order valence-electron chi connectivity index (χ3n) is 3.60. The molecule has 1 aromatic heterocycles. The summed E-state index contributed by atoms with van der Waals surface area (Å²) in [6, 6.07) is 0. The number of rotatable bonds is 6. The molecule has 1 aliphatic heterocycles. The van der Waals surface area contributed by atoms with Gasteiger partial charge in [0.1, 0.15) is 5.82 Å². The van der Waals surface area contributed by atoms with Crippen LogP contribution in [0.2, 0.25) is 0 Å². The summed E-state index contributed by atoms with van der Waals surface area (Å²) in [6.45, 7) is 6.13. The van der Waals surface area contributed by atoms with Gasteiger partial charge in [-0.3, -0.25) is 0 Å². The van der Waals surface area contributed by atoms with Gasteiger partial charge in [0.2, 0.25) is 0 Å². The molecule has 5 nitrogen and oxygen atoms in total. The molecule has 0 aromatic carbocycles. The summed E-state index contributed by atoms with van der Waals surface area (Å²) in [7, 11) is -2.92. The van der Waals surface area contributed by atoms with Gasteiger partial charge in [-0.1, -0.05) is 13.8 Å². The predicted molar refractivity (Wildman–Crippen MR) is 76.0 cm³/mol. The van der Waals surface area contributed by atoms with Crippen LogP contribution in [0.1, 0.15) is 37.5 Å². The second-order valence-corrected chi connectivity index (χ2v) is 7.46. The maximum atomic E-state index is 11.7. The quantitative estimate of drug-likeness (QED) is 0.844. The van der Waals surface area contributed by atoms with Crippen molar-refractivity contribution in [3.63, 3.8) is 0 Å². The Kier molecular flexibility index (Phi) is 4.62. The number of nitrogens with one attached hydrogen (secondary N) is 1. The molecule has 0 bridgehead atoms. The fourth-order valence-corrected chi connectivity index (χ4v) is 3.23. The number of hydrogen-bond acceptors (Lipinski definition) is 4. The SMILES string of the molecule is CCCc1nc2c(n1CCS(=O)(=O)CC)CCNC2. The number of fused-ring (bicyclic) bond motifs is 1. The molecule has 0 spiro atoms. The molecule has 108 valence electrons. The van der Waals surface area contributed by atoms with Crippen LogP contribution in [0, 0.1) is 0 Å². The molecule has 6 heteroatoms. The Hall–Kier alpha value is -0.880. The first kappa shape index (κ1) is 14.5. The maximum Gasteiger partial charge on any atom is 0.151 e. The monoisotopic (exact) mass is 285 g/mol. The Labute approximate surface area is 115 Å². The van der Waals surface area contributed by atoms with E-state index in [-0.39, 0.29) is 11.5 Å². The Bertz CT molecular complexity index is 534. The van der Waals surface area contributed by atoms with Crippen molar-refractivity contribution in [3.05, 3.63) is 17.2 Å². The highest BCUT2D eigenvalue weighted by atomic mass is 32.2. The average Bonchev–Trinajstić information content (AvgIpc) is 2.74. The first-order chi connectivity index (χ1) is 9.07. The molecule has 0 radical (unpaired) electrons. The summed E-state index contributed by atoms with van der Waals surface area (Å²) >= 11 is 0. The van der Waals surface area contributed by atoms with E-state index in [2.05, 4.69) is 21.8 Å². The van der Waals surface area contributed by atoms with E-state index in [9.17, 15) is 8.42 Å². The molecular weight excluding hydrogens is 262 g/mol. The lowest BCUT2D eigenvalue weighted by molar-refractivity contribution is 0.572. The zero-order valence-corrected chi connectivity index (χ0v) is 12.6. The molecule has 2 heterocycles. The smallest absolute Gasteiger partial charge is 0.151 e. The maximum absolute atomic E-state index is 11.7. The fourth-order valence-electron chi connectivity index (χ4n) is 2.48. The van der Waals surface area contributed by atoms with Crippen molar-refractivity contribution in [1.29, 1.82) is 0 Å². The molecule has 1 aromatic rings.